The lowest BCUT2D eigenvalue weighted by Gasteiger charge is -2.31. The molecule has 0 aromatic carbocycles. The summed E-state index contributed by atoms with van der Waals surface area (Å²) >= 11 is 1.21. The lowest BCUT2D eigenvalue weighted by molar-refractivity contribution is -0.380. The van der Waals surface area contributed by atoms with E-state index in [0.29, 0.717) is 32.8 Å². The zero-order valence-corrected chi connectivity index (χ0v) is 16.3. The van der Waals surface area contributed by atoms with E-state index in [-0.39, 0.29) is 27.7 Å². The van der Waals surface area contributed by atoms with Crippen molar-refractivity contribution in [2.45, 2.75) is 38.0 Å². The summed E-state index contributed by atoms with van der Waals surface area (Å²) in [6.45, 7) is 6.21. The fraction of sp³-hybridized carbons (Fsp3) is 0.706. The number of urea groups is 1. The van der Waals surface area contributed by atoms with E-state index >= 15 is 0 Å². The van der Waals surface area contributed by atoms with Gasteiger partial charge in [0, 0.05) is 43.7 Å². The molecular formula is C17H26N4O5S. The predicted octanol–water partition coefficient (Wildman–Crippen LogP) is 1.73. The van der Waals surface area contributed by atoms with Crippen molar-refractivity contribution >= 4 is 22.4 Å². The normalized spacial score (nSPS) is 26.0. The number of hydrogen-bond donors (Lipinski definition) is 2. The van der Waals surface area contributed by atoms with Gasteiger partial charge < -0.3 is 20.1 Å². The first-order valence-corrected chi connectivity index (χ1v) is 10.0. The smallest absolute Gasteiger partial charge is 0.324 e. The van der Waals surface area contributed by atoms with Crippen molar-refractivity contribution in [3.8, 4) is 0 Å². The number of nitro groups is 1. The van der Waals surface area contributed by atoms with Gasteiger partial charge in [0.2, 0.25) is 0 Å². The Morgan fingerprint density at radius 1 is 1.48 bits per heavy atom. The van der Waals surface area contributed by atoms with E-state index < -0.39 is 0 Å². The Labute approximate surface area is 162 Å². The molecule has 0 aliphatic carbocycles. The number of carbonyl (C=O) groups excluding carboxylic acids is 1. The van der Waals surface area contributed by atoms with Crippen LogP contribution in [0.3, 0.4) is 0 Å². The standard InChI is InChI=1S/C17H26N4O5S/c1-2-18-16(22)19-9-13-5-6-17(26-13)11-20(7-8-25-12-17)10-14-3-4-15(27-14)21(23)24/h3-4,13H,2,5-12H2,1H3,(H2,18,19,22)/t13-,17-/m1/s1. The van der Waals surface area contributed by atoms with Crippen molar-refractivity contribution in [1.29, 1.82) is 0 Å². The van der Waals surface area contributed by atoms with Crippen molar-refractivity contribution in [2.75, 3.05) is 39.4 Å². The number of nitrogens with one attached hydrogen (secondary N) is 2. The highest BCUT2D eigenvalue weighted by Gasteiger charge is 2.43. The molecule has 2 aliphatic rings. The summed E-state index contributed by atoms with van der Waals surface area (Å²) in [5, 5.41) is 16.6. The second-order valence-electron chi connectivity index (χ2n) is 6.96. The fourth-order valence-electron chi connectivity index (χ4n) is 3.58. The average Bonchev–Trinajstić information content (AvgIpc) is 3.19. The van der Waals surface area contributed by atoms with Crippen molar-refractivity contribution in [3.63, 3.8) is 0 Å². The summed E-state index contributed by atoms with van der Waals surface area (Å²) in [5.41, 5.74) is -0.382. The minimum Gasteiger partial charge on any atom is -0.377 e. The van der Waals surface area contributed by atoms with Gasteiger partial charge in [0.1, 0.15) is 5.60 Å². The minimum atomic E-state index is -0.382. The maximum Gasteiger partial charge on any atom is 0.324 e. The second-order valence-corrected chi connectivity index (χ2v) is 8.11. The van der Waals surface area contributed by atoms with Crippen molar-refractivity contribution in [3.05, 3.63) is 27.1 Å². The zero-order valence-electron chi connectivity index (χ0n) is 15.4. The van der Waals surface area contributed by atoms with E-state index in [0.717, 1.165) is 30.8 Å². The number of rotatable bonds is 6. The summed E-state index contributed by atoms with van der Waals surface area (Å²) < 4.78 is 12.1. The van der Waals surface area contributed by atoms with Crippen LogP contribution >= 0.6 is 11.3 Å². The summed E-state index contributed by atoms with van der Waals surface area (Å²) in [5.74, 6) is 0. The van der Waals surface area contributed by atoms with Gasteiger partial charge in [-0.2, -0.15) is 0 Å². The topological polar surface area (TPSA) is 106 Å². The summed E-state index contributed by atoms with van der Waals surface area (Å²) in [6, 6.07) is 3.19. The first-order chi connectivity index (χ1) is 13.0. The van der Waals surface area contributed by atoms with Gasteiger partial charge in [0.25, 0.3) is 0 Å². The van der Waals surface area contributed by atoms with E-state index in [1.165, 1.54) is 11.3 Å². The first-order valence-electron chi connectivity index (χ1n) is 9.22. The number of nitrogens with zero attached hydrogens (tertiary/aromatic N) is 2. The number of thiophene rings is 1. The van der Waals surface area contributed by atoms with E-state index in [9.17, 15) is 14.9 Å². The molecule has 1 spiro atoms. The van der Waals surface area contributed by atoms with Crippen LogP contribution in [0.4, 0.5) is 9.80 Å². The number of carbonyl (C=O) groups is 1. The Balaban J connectivity index is 1.55. The summed E-state index contributed by atoms with van der Waals surface area (Å²) in [6.07, 6.45) is 1.71. The van der Waals surface area contributed by atoms with Crippen LogP contribution in [0.25, 0.3) is 0 Å². The van der Waals surface area contributed by atoms with Crippen LogP contribution in [0.1, 0.15) is 24.6 Å². The largest absolute Gasteiger partial charge is 0.377 e. The third kappa shape index (κ3) is 5.38. The molecule has 2 aliphatic heterocycles. The van der Waals surface area contributed by atoms with E-state index in [1.807, 2.05) is 13.0 Å². The van der Waals surface area contributed by atoms with Crippen LogP contribution in [0, 0.1) is 10.1 Å². The van der Waals surface area contributed by atoms with E-state index in [4.69, 9.17) is 9.47 Å². The molecule has 0 saturated carbocycles. The molecule has 2 atom stereocenters. The SMILES string of the molecule is CCNC(=O)NC[C@H]1CC[C@@]2(COCCN(Cc3ccc([N+](=O)[O-])s3)C2)O1. The maximum atomic E-state index is 11.6. The highest BCUT2D eigenvalue weighted by atomic mass is 32.1. The van der Waals surface area contributed by atoms with Crippen molar-refractivity contribution in [2.24, 2.45) is 0 Å². The molecule has 3 heterocycles. The molecule has 9 nitrogen and oxygen atoms in total. The third-order valence-electron chi connectivity index (χ3n) is 4.80. The molecular weight excluding hydrogens is 372 g/mol. The third-order valence-corrected chi connectivity index (χ3v) is 5.82. The Bertz CT molecular complexity index is 670. The monoisotopic (exact) mass is 398 g/mol. The van der Waals surface area contributed by atoms with Gasteiger partial charge in [-0.15, -0.1) is 0 Å². The summed E-state index contributed by atoms with van der Waals surface area (Å²) in [4.78, 5) is 25.3. The molecule has 150 valence electrons. The second kappa shape index (κ2) is 8.96. The average molecular weight is 398 g/mol. The van der Waals surface area contributed by atoms with Gasteiger partial charge in [0.15, 0.2) is 0 Å². The molecule has 1 aromatic rings. The molecule has 2 fully saturated rings. The van der Waals surface area contributed by atoms with Crippen molar-refractivity contribution < 1.29 is 19.2 Å². The van der Waals surface area contributed by atoms with Crippen LogP contribution in [0.2, 0.25) is 0 Å². The zero-order chi connectivity index (χ0) is 19.3. The summed E-state index contributed by atoms with van der Waals surface area (Å²) in [7, 11) is 0. The quantitative estimate of drug-likeness (QED) is 0.558. The molecule has 1 aromatic heterocycles. The Kier molecular flexibility index (Phi) is 6.64. The van der Waals surface area contributed by atoms with Crippen LogP contribution in [0.5, 0.6) is 0 Å². The predicted molar refractivity (Wildman–Crippen MR) is 101 cm³/mol. The van der Waals surface area contributed by atoms with Gasteiger partial charge >= 0.3 is 11.0 Å². The van der Waals surface area contributed by atoms with E-state index in [1.54, 1.807) is 6.07 Å². The molecule has 2 saturated heterocycles. The van der Waals surface area contributed by atoms with Crippen LogP contribution in [-0.4, -0.2) is 67.0 Å². The van der Waals surface area contributed by atoms with Crippen LogP contribution in [-0.2, 0) is 16.0 Å². The molecule has 0 radical (unpaired) electrons. The fourth-order valence-corrected chi connectivity index (χ4v) is 4.44. The molecule has 3 rings (SSSR count). The van der Waals surface area contributed by atoms with Gasteiger partial charge in [-0.25, -0.2) is 4.79 Å². The molecule has 2 N–H and O–H groups in total. The number of amides is 2. The Morgan fingerprint density at radius 3 is 3.07 bits per heavy atom. The van der Waals surface area contributed by atoms with Crippen LogP contribution < -0.4 is 10.6 Å². The van der Waals surface area contributed by atoms with Gasteiger partial charge in [-0.1, -0.05) is 11.3 Å². The number of hydrogen-bond acceptors (Lipinski definition) is 7. The molecule has 0 unspecified atom stereocenters. The first kappa shape index (κ1) is 20.0. The van der Waals surface area contributed by atoms with Crippen LogP contribution in [0.15, 0.2) is 12.1 Å². The highest BCUT2D eigenvalue weighted by Crippen LogP contribution is 2.34. The molecule has 10 heteroatoms. The lowest BCUT2D eigenvalue weighted by Crippen LogP contribution is -2.45. The molecule has 0 bridgehead atoms. The van der Waals surface area contributed by atoms with Crippen molar-refractivity contribution in [1.82, 2.24) is 15.5 Å². The highest BCUT2D eigenvalue weighted by molar-refractivity contribution is 7.15. The number of ether oxygens (including phenoxy) is 2. The minimum absolute atomic E-state index is 0.0287. The Hall–Kier alpha value is -1.75. The van der Waals surface area contributed by atoms with E-state index in [2.05, 4.69) is 15.5 Å². The van der Waals surface area contributed by atoms with Gasteiger partial charge in [-0.05, 0) is 25.8 Å². The lowest BCUT2D eigenvalue weighted by atomic mass is 10.00. The molecule has 27 heavy (non-hydrogen) atoms. The molecule has 2 amide bonds. The van der Waals surface area contributed by atoms with Gasteiger partial charge in [-0.3, -0.25) is 15.0 Å². The maximum absolute atomic E-state index is 11.6. The van der Waals surface area contributed by atoms with Gasteiger partial charge in [0.05, 0.1) is 24.2 Å². The Morgan fingerprint density at radius 2 is 2.33 bits per heavy atom.